The van der Waals surface area contributed by atoms with E-state index >= 15 is 0 Å². The number of hydrogen-bond donors (Lipinski definition) is 4. The van der Waals surface area contributed by atoms with Gasteiger partial charge in [-0.05, 0) is 110 Å². The summed E-state index contributed by atoms with van der Waals surface area (Å²) in [6.45, 7) is 14.2. The van der Waals surface area contributed by atoms with Crippen molar-refractivity contribution in [2.75, 3.05) is 6.61 Å². The van der Waals surface area contributed by atoms with Gasteiger partial charge in [-0.2, -0.15) is 0 Å². The van der Waals surface area contributed by atoms with Crippen molar-refractivity contribution in [3.8, 4) is 0 Å². The van der Waals surface area contributed by atoms with E-state index in [-0.39, 0.29) is 11.5 Å². The molecule has 1 saturated heterocycles. The zero-order valence-electron chi connectivity index (χ0n) is 26.4. The molecule has 0 bridgehead atoms. The van der Waals surface area contributed by atoms with Crippen molar-refractivity contribution >= 4 is 0 Å². The molecule has 1 aliphatic heterocycles. The molecule has 4 aliphatic carbocycles. The molecule has 234 valence electrons. The lowest BCUT2D eigenvalue weighted by Crippen LogP contribution is -2.60. The molecule has 0 unspecified atom stereocenters. The summed E-state index contributed by atoms with van der Waals surface area (Å²) in [5.74, 6) is 4.61. The molecule has 41 heavy (non-hydrogen) atoms. The highest BCUT2D eigenvalue weighted by Crippen LogP contribution is 2.67. The first-order valence-corrected chi connectivity index (χ1v) is 16.8. The molecule has 5 rings (SSSR count). The molecule has 4 N–H and O–H groups in total. The number of allylic oxidation sites excluding steroid dienone is 4. The molecule has 0 aromatic rings. The highest BCUT2D eigenvalue weighted by atomic mass is 16.7. The molecule has 4 fully saturated rings. The van der Waals surface area contributed by atoms with E-state index in [2.05, 4.69) is 59.8 Å². The van der Waals surface area contributed by atoms with Crippen molar-refractivity contribution in [3.63, 3.8) is 0 Å². The maximum Gasteiger partial charge on any atom is 0.186 e. The van der Waals surface area contributed by atoms with E-state index in [1.807, 2.05) is 0 Å². The van der Waals surface area contributed by atoms with E-state index in [0.717, 1.165) is 31.6 Å². The van der Waals surface area contributed by atoms with Crippen LogP contribution in [0.5, 0.6) is 0 Å². The van der Waals surface area contributed by atoms with Crippen molar-refractivity contribution in [1.82, 2.24) is 0 Å². The lowest BCUT2D eigenvalue weighted by Gasteiger charge is -2.58. The minimum Gasteiger partial charge on any atom is -0.394 e. The van der Waals surface area contributed by atoms with Crippen LogP contribution in [0, 0.1) is 52.3 Å². The van der Waals surface area contributed by atoms with Crippen LogP contribution in [0.25, 0.3) is 0 Å². The fraction of sp³-hybridized carbons (Fsp3) is 0.886. The van der Waals surface area contributed by atoms with Gasteiger partial charge >= 0.3 is 0 Å². The minimum absolute atomic E-state index is 0.0698. The molecule has 6 heteroatoms. The number of ether oxygens (including phenoxy) is 2. The van der Waals surface area contributed by atoms with Gasteiger partial charge < -0.3 is 29.9 Å². The Hall–Kier alpha value is -0.760. The third kappa shape index (κ3) is 5.64. The summed E-state index contributed by atoms with van der Waals surface area (Å²) in [4.78, 5) is 0. The summed E-state index contributed by atoms with van der Waals surface area (Å²) >= 11 is 0. The topological polar surface area (TPSA) is 99.4 Å². The van der Waals surface area contributed by atoms with Gasteiger partial charge in [0.25, 0.3) is 0 Å². The van der Waals surface area contributed by atoms with Gasteiger partial charge in [0, 0.05) is 0 Å². The van der Waals surface area contributed by atoms with Crippen molar-refractivity contribution in [2.45, 2.75) is 136 Å². The van der Waals surface area contributed by atoms with Crippen LogP contribution in [0.1, 0.15) is 99.3 Å². The average molecular weight is 575 g/mol. The zero-order chi connectivity index (χ0) is 29.7. The summed E-state index contributed by atoms with van der Waals surface area (Å²) in [5, 5.41) is 40.4. The molecular weight excluding hydrogens is 516 g/mol. The maximum absolute atomic E-state index is 10.5. The van der Waals surface area contributed by atoms with Gasteiger partial charge in [0.15, 0.2) is 6.29 Å². The minimum atomic E-state index is -1.40. The van der Waals surface area contributed by atoms with E-state index in [9.17, 15) is 20.4 Å². The predicted octanol–water partition coefficient (Wildman–Crippen LogP) is 5.63. The van der Waals surface area contributed by atoms with Gasteiger partial charge in [0.1, 0.15) is 24.4 Å². The Balaban J connectivity index is 1.26. The maximum atomic E-state index is 10.5. The second-order valence-electron chi connectivity index (χ2n) is 15.3. The SMILES string of the molecule is CC[C@H](/C=C/[C@H](C)[C@H]1CC[C@H]2C3=CC[C@@H]4C[C@@H](O[C@@H]5O[C@H](CO)[C@@H](O)[C@H](O)[C@H]5O)CC[C@]4(C)[C@H]3CC[C@]12C)C(C)C. The Morgan fingerprint density at radius 2 is 1.66 bits per heavy atom. The van der Waals surface area contributed by atoms with Crippen LogP contribution in [-0.4, -0.2) is 63.8 Å². The molecule has 3 saturated carbocycles. The van der Waals surface area contributed by atoms with Crippen LogP contribution in [0.15, 0.2) is 23.8 Å². The van der Waals surface area contributed by atoms with Gasteiger partial charge in [-0.1, -0.05) is 65.3 Å². The first kappa shape index (κ1) is 31.7. The molecule has 14 atom stereocenters. The third-order valence-corrected chi connectivity index (χ3v) is 12.9. The second-order valence-corrected chi connectivity index (χ2v) is 15.3. The van der Waals surface area contributed by atoms with E-state index in [1.165, 1.54) is 32.1 Å². The fourth-order valence-electron chi connectivity index (χ4n) is 10.2. The Morgan fingerprint density at radius 3 is 2.34 bits per heavy atom. The number of rotatable bonds is 8. The Bertz CT molecular complexity index is 960. The molecule has 1 heterocycles. The lowest BCUT2D eigenvalue weighted by atomic mass is 9.47. The zero-order valence-corrected chi connectivity index (χ0v) is 26.4. The Kier molecular flexibility index (Phi) is 9.51. The van der Waals surface area contributed by atoms with Gasteiger partial charge in [0.2, 0.25) is 0 Å². The fourth-order valence-corrected chi connectivity index (χ4v) is 10.2. The van der Waals surface area contributed by atoms with Crippen molar-refractivity contribution < 1.29 is 29.9 Å². The summed E-state index contributed by atoms with van der Waals surface area (Å²) < 4.78 is 11.9. The largest absolute Gasteiger partial charge is 0.394 e. The van der Waals surface area contributed by atoms with E-state index in [0.29, 0.717) is 40.9 Å². The first-order valence-electron chi connectivity index (χ1n) is 16.8. The smallest absolute Gasteiger partial charge is 0.186 e. The van der Waals surface area contributed by atoms with Crippen LogP contribution < -0.4 is 0 Å². The van der Waals surface area contributed by atoms with Crippen LogP contribution in [0.3, 0.4) is 0 Å². The number of hydrogen-bond acceptors (Lipinski definition) is 6. The van der Waals surface area contributed by atoms with Crippen molar-refractivity contribution in [2.24, 2.45) is 52.3 Å². The molecule has 0 amide bonds. The van der Waals surface area contributed by atoms with Crippen molar-refractivity contribution in [3.05, 3.63) is 23.8 Å². The number of aliphatic hydroxyl groups is 4. The molecule has 0 aromatic heterocycles. The van der Waals surface area contributed by atoms with Crippen molar-refractivity contribution in [1.29, 1.82) is 0 Å². The third-order valence-electron chi connectivity index (χ3n) is 12.9. The highest BCUT2D eigenvalue weighted by Gasteiger charge is 2.58. The predicted molar refractivity (Wildman–Crippen MR) is 161 cm³/mol. The number of aliphatic hydroxyl groups excluding tert-OH is 4. The van der Waals surface area contributed by atoms with Crippen LogP contribution >= 0.6 is 0 Å². The average Bonchev–Trinajstić information content (AvgIpc) is 3.30. The van der Waals surface area contributed by atoms with E-state index < -0.39 is 37.3 Å². The summed E-state index contributed by atoms with van der Waals surface area (Å²) in [5.41, 5.74) is 2.41. The molecule has 5 aliphatic rings. The molecular formula is C35H58O6. The van der Waals surface area contributed by atoms with Gasteiger partial charge in [0.05, 0.1) is 12.7 Å². The van der Waals surface area contributed by atoms with Crippen LogP contribution in [0.2, 0.25) is 0 Å². The quantitative estimate of drug-likeness (QED) is 0.281. The molecule has 0 aromatic carbocycles. The van der Waals surface area contributed by atoms with Crippen LogP contribution in [-0.2, 0) is 9.47 Å². The Labute approximate surface area is 248 Å². The van der Waals surface area contributed by atoms with Crippen LogP contribution in [0.4, 0.5) is 0 Å². The van der Waals surface area contributed by atoms with E-state index in [4.69, 9.17) is 9.47 Å². The summed E-state index contributed by atoms with van der Waals surface area (Å²) in [7, 11) is 0. The second kappa shape index (κ2) is 12.3. The highest BCUT2D eigenvalue weighted by molar-refractivity contribution is 5.28. The molecule has 0 spiro atoms. The normalized spacial score (nSPS) is 47.9. The number of fused-ring (bicyclic) bond motifs is 5. The van der Waals surface area contributed by atoms with Gasteiger partial charge in [-0.15, -0.1) is 0 Å². The van der Waals surface area contributed by atoms with Gasteiger partial charge in [-0.3, -0.25) is 0 Å². The monoisotopic (exact) mass is 574 g/mol. The van der Waals surface area contributed by atoms with Gasteiger partial charge in [-0.25, -0.2) is 0 Å². The van der Waals surface area contributed by atoms with E-state index in [1.54, 1.807) is 5.57 Å². The standard InChI is InChI=1S/C35H58O6/c1-7-22(20(2)3)9-8-21(4)26-12-13-27-25-11-10-23-18-24(14-16-34(23,5)28(25)15-17-35(26,27)6)40-33-32(39)31(38)30(37)29(19-36)41-33/h8-9,11,20-24,26-33,36-39H,7,10,12-19H2,1-6H3/b9-8+/t21-,22+,23+,24-,26+,27-,28-,29+,30+,31-,32+,33+,34-,35+/m0/s1. The molecule has 0 radical (unpaired) electrons. The Morgan fingerprint density at radius 1 is 0.951 bits per heavy atom. The molecule has 6 nitrogen and oxygen atoms in total. The first-order chi connectivity index (χ1) is 19.4. The summed E-state index contributed by atoms with van der Waals surface area (Å²) in [6, 6.07) is 0. The lowest BCUT2D eigenvalue weighted by molar-refractivity contribution is -0.315. The summed E-state index contributed by atoms with van der Waals surface area (Å²) in [6.07, 6.45) is 12.0.